The predicted octanol–water partition coefficient (Wildman–Crippen LogP) is 0.212. The van der Waals surface area contributed by atoms with Crippen LogP contribution in [0, 0.1) is 34.5 Å². The summed E-state index contributed by atoms with van der Waals surface area (Å²) in [7, 11) is 0. The molecule has 4 N–H and O–H groups in total. The van der Waals surface area contributed by atoms with Crippen LogP contribution in [-0.2, 0) is 33.3 Å². The van der Waals surface area contributed by atoms with Crippen molar-refractivity contribution in [3.05, 3.63) is 11.6 Å². The van der Waals surface area contributed by atoms with E-state index in [1.807, 2.05) is 6.92 Å². The summed E-state index contributed by atoms with van der Waals surface area (Å²) in [5.74, 6) is -7.52. The van der Waals surface area contributed by atoms with Gasteiger partial charge in [-0.3, -0.25) is 4.79 Å². The van der Waals surface area contributed by atoms with Gasteiger partial charge in [0.1, 0.15) is 12.2 Å². The third-order valence-electron chi connectivity index (χ3n) is 10.5. The fourth-order valence-corrected chi connectivity index (χ4v) is 8.71. The first-order chi connectivity index (χ1) is 17.6. The summed E-state index contributed by atoms with van der Waals surface area (Å²) in [6.45, 7) is 9.32. The highest BCUT2D eigenvalue weighted by Gasteiger charge is 2.83. The van der Waals surface area contributed by atoms with Crippen molar-refractivity contribution >= 4 is 17.9 Å². The monoisotopic (exact) mass is 538 g/mol. The van der Waals surface area contributed by atoms with Gasteiger partial charge in [-0.05, 0) is 38.5 Å². The predicted molar refractivity (Wildman–Crippen MR) is 128 cm³/mol. The molecular weight excluding hydrogens is 500 g/mol. The summed E-state index contributed by atoms with van der Waals surface area (Å²) in [6, 6.07) is 0. The van der Waals surface area contributed by atoms with E-state index in [1.165, 1.54) is 13.8 Å². The molecule has 0 unspecified atom stereocenters. The molecule has 11 heteroatoms. The quantitative estimate of drug-likeness (QED) is 0.219. The van der Waals surface area contributed by atoms with Gasteiger partial charge in [0, 0.05) is 29.6 Å². The average molecular weight is 539 g/mol. The first-order valence-electron chi connectivity index (χ1n) is 13.3. The number of rotatable bonds is 4. The van der Waals surface area contributed by atoms with Crippen molar-refractivity contribution in [1.29, 1.82) is 0 Å². The molecule has 0 amide bonds. The molecule has 5 rings (SSSR count). The Morgan fingerprint density at radius 1 is 1.24 bits per heavy atom. The maximum Gasteiger partial charge on any atom is 0.351 e. The second-order valence-corrected chi connectivity index (χ2v) is 12.3. The molecule has 212 valence electrons. The number of esters is 3. The van der Waals surface area contributed by atoms with E-state index in [1.54, 1.807) is 26.8 Å². The molecule has 2 heterocycles. The number of hydrogen-bond donors (Lipinski definition) is 4. The normalized spacial score (nSPS) is 50.5. The molecule has 0 aromatic rings. The number of allylic oxidation sites excluding steroid dienone is 1. The average Bonchev–Trinajstić information content (AvgIpc) is 3.13. The van der Waals surface area contributed by atoms with Crippen LogP contribution in [-0.4, -0.2) is 86.8 Å². The second-order valence-electron chi connectivity index (χ2n) is 12.3. The lowest BCUT2D eigenvalue weighted by molar-refractivity contribution is -0.345. The van der Waals surface area contributed by atoms with E-state index in [2.05, 4.69) is 0 Å². The molecule has 2 aliphatic heterocycles. The molecule has 2 bridgehead atoms. The third-order valence-corrected chi connectivity index (χ3v) is 10.5. The number of carbonyl (C=O) groups is 3. The summed E-state index contributed by atoms with van der Waals surface area (Å²) >= 11 is 0. The molecule has 38 heavy (non-hydrogen) atoms. The van der Waals surface area contributed by atoms with E-state index in [-0.39, 0.29) is 13.0 Å². The Morgan fingerprint density at radius 3 is 2.50 bits per heavy atom. The van der Waals surface area contributed by atoms with Gasteiger partial charge in [-0.2, -0.15) is 0 Å². The summed E-state index contributed by atoms with van der Waals surface area (Å²) < 4.78 is 22.9. The molecule has 5 aliphatic rings. The third kappa shape index (κ3) is 3.22. The highest BCUT2D eigenvalue weighted by Crippen LogP contribution is 2.74. The van der Waals surface area contributed by atoms with Gasteiger partial charge in [-0.1, -0.05) is 32.4 Å². The minimum absolute atomic E-state index is 0.0880. The Bertz CT molecular complexity index is 1090. The Hall–Kier alpha value is -2.05. The number of carbonyl (C=O) groups excluding carboxylic acids is 3. The molecule has 13 atom stereocenters. The van der Waals surface area contributed by atoms with Crippen LogP contribution in [0.1, 0.15) is 54.4 Å². The van der Waals surface area contributed by atoms with Gasteiger partial charge in [-0.15, -0.1) is 0 Å². The smallest absolute Gasteiger partial charge is 0.351 e. The first-order valence-corrected chi connectivity index (χ1v) is 13.3. The molecule has 2 saturated heterocycles. The molecule has 4 fully saturated rings. The second kappa shape index (κ2) is 8.47. The summed E-state index contributed by atoms with van der Waals surface area (Å²) in [5, 5.41) is 45.5. The van der Waals surface area contributed by atoms with Gasteiger partial charge >= 0.3 is 17.9 Å². The van der Waals surface area contributed by atoms with E-state index < -0.39 is 94.3 Å². The fraction of sp³-hybridized carbons (Fsp3) is 0.815. The molecule has 0 radical (unpaired) electrons. The minimum atomic E-state index is -2.10. The molecule has 0 aromatic heterocycles. The van der Waals surface area contributed by atoms with Gasteiger partial charge in [0.15, 0.2) is 5.79 Å². The van der Waals surface area contributed by atoms with E-state index in [0.717, 1.165) is 5.57 Å². The van der Waals surface area contributed by atoms with Crippen LogP contribution in [0.5, 0.6) is 0 Å². The van der Waals surface area contributed by atoms with Gasteiger partial charge in [0.2, 0.25) is 11.7 Å². The van der Waals surface area contributed by atoms with Crippen LogP contribution >= 0.6 is 0 Å². The number of fused-ring (bicyclic) bond motifs is 1. The van der Waals surface area contributed by atoms with Gasteiger partial charge in [0.05, 0.1) is 18.8 Å². The van der Waals surface area contributed by atoms with Crippen molar-refractivity contribution < 1.29 is 53.8 Å². The number of hydrogen-bond acceptors (Lipinski definition) is 11. The van der Waals surface area contributed by atoms with Crippen LogP contribution in [0.15, 0.2) is 11.6 Å². The van der Waals surface area contributed by atoms with Crippen molar-refractivity contribution in [2.75, 3.05) is 6.61 Å². The Labute approximate surface area is 221 Å². The zero-order chi connectivity index (χ0) is 28.2. The highest BCUT2D eigenvalue weighted by atomic mass is 16.7. The minimum Gasteiger partial charge on any atom is -0.459 e. The molecule has 2 saturated carbocycles. The van der Waals surface area contributed by atoms with Crippen molar-refractivity contribution in [3.8, 4) is 0 Å². The Balaban J connectivity index is 1.64. The van der Waals surface area contributed by atoms with E-state index in [9.17, 15) is 34.8 Å². The lowest BCUT2D eigenvalue weighted by Gasteiger charge is -2.68. The Kier molecular flexibility index (Phi) is 6.14. The molecule has 11 nitrogen and oxygen atoms in total. The standard InChI is InChI=1S/C27H38O11/c1-7-24(5,38-13(4)28)23(33)37-18-17-12(3)19(30)27(34)22-25(6)14(11(2)8-15(29)20(25)31)9-16(36-21(18)32)26(17,22)10-35-27/h8,12,14-20,22,29-31,34H,7,9-10H2,1-6H3/t12-,14+,15+,16-,17-,18-,19-,20-,22-,24+,25-,26+,27+/m1/s1. The lowest BCUT2D eigenvalue weighted by atomic mass is 9.38. The topological polar surface area (TPSA) is 169 Å². The zero-order valence-corrected chi connectivity index (χ0v) is 22.5. The van der Waals surface area contributed by atoms with Gasteiger partial charge < -0.3 is 39.4 Å². The molecule has 1 spiro atoms. The maximum absolute atomic E-state index is 13.5. The van der Waals surface area contributed by atoms with Crippen LogP contribution < -0.4 is 0 Å². The molecular formula is C27H38O11. The SMILES string of the molecule is CC[C@](C)(OC(C)=O)C(=O)O[C@H]1C(=O)O[C@@H]2C[C@H]3C(C)=C[C@H](O)[C@@H](O)[C@]3(C)[C@H]3[C@@]4(O)OC[C@]32[C@@H]1[C@@H](C)[C@H]4O. The summed E-state index contributed by atoms with van der Waals surface area (Å²) in [6.07, 6.45) is -4.32. The highest BCUT2D eigenvalue weighted by molar-refractivity contribution is 5.86. The first kappa shape index (κ1) is 27.5. The van der Waals surface area contributed by atoms with Crippen molar-refractivity contribution in [3.63, 3.8) is 0 Å². The number of ether oxygens (including phenoxy) is 4. The van der Waals surface area contributed by atoms with Crippen LogP contribution in [0.4, 0.5) is 0 Å². The zero-order valence-electron chi connectivity index (χ0n) is 22.5. The Morgan fingerprint density at radius 2 is 1.89 bits per heavy atom. The van der Waals surface area contributed by atoms with Crippen LogP contribution in [0.3, 0.4) is 0 Å². The number of aliphatic hydroxyl groups excluding tert-OH is 3. The summed E-state index contributed by atoms with van der Waals surface area (Å²) in [4.78, 5) is 38.5. The summed E-state index contributed by atoms with van der Waals surface area (Å²) in [5.41, 5.74) is -3.19. The fourth-order valence-electron chi connectivity index (χ4n) is 8.71. The van der Waals surface area contributed by atoms with Crippen molar-refractivity contribution in [2.24, 2.45) is 34.5 Å². The maximum atomic E-state index is 13.5. The van der Waals surface area contributed by atoms with E-state index in [4.69, 9.17) is 18.9 Å². The van der Waals surface area contributed by atoms with E-state index in [0.29, 0.717) is 6.42 Å². The molecule has 0 aromatic carbocycles. The van der Waals surface area contributed by atoms with Crippen LogP contribution in [0.2, 0.25) is 0 Å². The van der Waals surface area contributed by atoms with Crippen molar-refractivity contribution in [1.82, 2.24) is 0 Å². The van der Waals surface area contributed by atoms with Crippen molar-refractivity contribution in [2.45, 2.75) is 96.3 Å². The van der Waals surface area contributed by atoms with Gasteiger partial charge in [0.25, 0.3) is 0 Å². The molecule has 3 aliphatic carbocycles. The number of aliphatic hydroxyl groups is 4. The lowest BCUT2D eigenvalue weighted by Crippen LogP contribution is -2.78. The largest absolute Gasteiger partial charge is 0.459 e. The van der Waals surface area contributed by atoms with Gasteiger partial charge in [-0.25, -0.2) is 9.59 Å². The van der Waals surface area contributed by atoms with E-state index >= 15 is 0 Å². The van der Waals surface area contributed by atoms with Crippen LogP contribution in [0.25, 0.3) is 0 Å².